The molecule has 0 spiro atoms. The van der Waals surface area contributed by atoms with Gasteiger partial charge in [0.15, 0.2) is 0 Å². The standard InChI is InChI=1S/C8H6F6N2O/c9-7(10,11)6(8(12,13)14)17-5-1-4(15)2-16-3-5/h1-3,6H,15H2. The summed E-state index contributed by atoms with van der Waals surface area (Å²) >= 11 is 0. The van der Waals surface area contributed by atoms with Gasteiger partial charge in [-0.2, -0.15) is 26.3 Å². The maximum atomic E-state index is 12.1. The molecule has 0 radical (unpaired) electrons. The first kappa shape index (κ1) is 13.4. The van der Waals surface area contributed by atoms with Crippen molar-refractivity contribution in [2.24, 2.45) is 0 Å². The van der Waals surface area contributed by atoms with Crippen LogP contribution in [0.2, 0.25) is 0 Å². The van der Waals surface area contributed by atoms with E-state index < -0.39 is 24.2 Å². The first-order valence-corrected chi connectivity index (χ1v) is 4.11. The van der Waals surface area contributed by atoms with Crippen molar-refractivity contribution in [2.45, 2.75) is 18.5 Å². The zero-order valence-corrected chi connectivity index (χ0v) is 8.01. The van der Waals surface area contributed by atoms with Crippen molar-refractivity contribution in [2.75, 3.05) is 5.73 Å². The van der Waals surface area contributed by atoms with Gasteiger partial charge in [-0.05, 0) is 0 Å². The number of hydrogen-bond donors (Lipinski definition) is 1. The van der Waals surface area contributed by atoms with Crippen molar-refractivity contribution in [1.29, 1.82) is 0 Å². The average Bonchev–Trinajstić information content (AvgIpc) is 2.10. The summed E-state index contributed by atoms with van der Waals surface area (Å²) in [6, 6.07) is 0.817. The Hall–Kier alpha value is -1.67. The lowest BCUT2D eigenvalue weighted by Crippen LogP contribution is -2.46. The molecule has 17 heavy (non-hydrogen) atoms. The quantitative estimate of drug-likeness (QED) is 0.831. The average molecular weight is 260 g/mol. The van der Waals surface area contributed by atoms with E-state index in [-0.39, 0.29) is 5.69 Å². The van der Waals surface area contributed by atoms with Crippen molar-refractivity contribution in [3.8, 4) is 5.75 Å². The SMILES string of the molecule is Nc1cncc(OC(C(F)(F)F)C(F)(F)F)c1. The number of ether oxygens (including phenoxy) is 1. The monoisotopic (exact) mass is 260 g/mol. The molecule has 0 aliphatic carbocycles. The number of hydrogen-bond acceptors (Lipinski definition) is 3. The number of aromatic nitrogens is 1. The highest BCUT2D eigenvalue weighted by atomic mass is 19.4. The second kappa shape index (κ2) is 4.30. The van der Waals surface area contributed by atoms with E-state index in [0.29, 0.717) is 6.20 Å². The van der Waals surface area contributed by atoms with Crippen molar-refractivity contribution in [3.63, 3.8) is 0 Å². The van der Waals surface area contributed by atoms with Crippen molar-refractivity contribution >= 4 is 5.69 Å². The van der Waals surface area contributed by atoms with Gasteiger partial charge in [0, 0.05) is 6.07 Å². The van der Waals surface area contributed by atoms with Gasteiger partial charge in [-0.25, -0.2) is 0 Å². The first-order valence-electron chi connectivity index (χ1n) is 4.11. The minimum absolute atomic E-state index is 0.106. The van der Waals surface area contributed by atoms with Gasteiger partial charge in [0.25, 0.3) is 6.10 Å². The van der Waals surface area contributed by atoms with Crippen LogP contribution >= 0.6 is 0 Å². The molecule has 9 heteroatoms. The van der Waals surface area contributed by atoms with Gasteiger partial charge in [0.1, 0.15) is 5.75 Å². The predicted molar refractivity (Wildman–Crippen MR) is 45.2 cm³/mol. The number of halogens is 6. The predicted octanol–water partition coefficient (Wildman–Crippen LogP) is 2.54. The number of nitrogens with two attached hydrogens (primary N) is 1. The Balaban J connectivity index is 2.96. The molecule has 2 N–H and O–H groups in total. The Morgan fingerprint density at radius 1 is 1.06 bits per heavy atom. The molecule has 0 saturated carbocycles. The number of pyridine rings is 1. The van der Waals surface area contributed by atoms with Gasteiger partial charge in [-0.3, -0.25) is 4.98 Å². The molecule has 0 atom stereocenters. The summed E-state index contributed by atoms with van der Waals surface area (Å²) in [4.78, 5) is 3.32. The number of nitrogens with zero attached hydrogens (tertiary/aromatic N) is 1. The van der Waals surface area contributed by atoms with Crippen molar-refractivity contribution in [3.05, 3.63) is 18.5 Å². The fraction of sp³-hybridized carbons (Fsp3) is 0.375. The minimum Gasteiger partial charge on any atom is -0.470 e. The molecule has 1 aromatic heterocycles. The second-order valence-electron chi connectivity index (χ2n) is 3.04. The van der Waals surface area contributed by atoms with Gasteiger partial charge < -0.3 is 10.5 Å². The third kappa shape index (κ3) is 3.68. The number of anilines is 1. The molecule has 0 saturated heterocycles. The van der Waals surface area contributed by atoms with Crippen LogP contribution in [0.5, 0.6) is 5.75 Å². The van der Waals surface area contributed by atoms with Crippen LogP contribution in [-0.4, -0.2) is 23.4 Å². The molecule has 0 bridgehead atoms. The molecule has 0 unspecified atom stereocenters. The van der Waals surface area contributed by atoms with Gasteiger partial charge in [-0.1, -0.05) is 0 Å². The lowest BCUT2D eigenvalue weighted by Gasteiger charge is -2.23. The van der Waals surface area contributed by atoms with Crippen LogP contribution in [-0.2, 0) is 0 Å². The summed E-state index contributed by atoms with van der Waals surface area (Å²) in [5, 5.41) is 0. The van der Waals surface area contributed by atoms with E-state index in [1.807, 2.05) is 0 Å². The van der Waals surface area contributed by atoms with E-state index in [1.54, 1.807) is 0 Å². The van der Waals surface area contributed by atoms with Crippen molar-refractivity contribution < 1.29 is 31.1 Å². The Bertz CT molecular complexity index is 374. The molecule has 0 amide bonds. The van der Waals surface area contributed by atoms with E-state index in [1.165, 1.54) is 0 Å². The maximum Gasteiger partial charge on any atom is 0.434 e. The second-order valence-corrected chi connectivity index (χ2v) is 3.04. The lowest BCUT2D eigenvalue weighted by atomic mass is 10.3. The molecule has 0 aliphatic rings. The summed E-state index contributed by atoms with van der Waals surface area (Å²) in [7, 11) is 0. The number of rotatable bonds is 2. The van der Waals surface area contributed by atoms with Gasteiger partial charge >= 0.3 is 12.4 Å². The van der Waals surface area contributed by atoms with Crippen LogP contribution in [0.25, 0.3) is 0 Å². The summed E-state index contributed by atoms with van der Waals surface area (Å²) in [5.41, 5.74) is 5.04. The molecule has 96 valence electrons. The van der Waals surface area contributed by atoms with Crippen LogP contribution in [0.4, 0.5) is 32.0 Å². The third-order valence-corrected chi connectivity index (χ3v) is 1.58. The lowest BCUT2D eigenvalue weighted by molar-refractivity contribution is -0.299. The Morgan fingerprint density at radius 2 is 1.59 bits per heavy atom. The minimum atomic E-state index is -5.57. The van der Waals surface area contributed by atoms with E-state index in [9.17, 15) is 26.3 Å². The fourth-order valence-corrected chi connectivity index (χ4v) is 0.955. The number of nitrogen functional groups attached to an aromatic ring is 1. The highest BCUT2D eigenvalue weighted by Gasteiger charge is 2.59. The molecule has 1 heterocycles. The van der Waals surface area contributed by atoms with Crippen LogP contribution in [0.1, 0.15) is 0 Å². The van der Waals surface area contributed by atoms with Gasteiger partial charge in [0.05, 0.1) is 18.1 Å². The van der Waals surface area contributed by atoms with E-state index in [0.717, 1.165) is 12.3 Å². The topological polar surface area (TPSA) is 48.1 Å². The summed E-state index contributed by atoms with van der Waals surface area (Å²) in [6.07, 6.45) is -13.3. The van der Waals surface area contributed by atoms with Gasteiger partial charge in [0.2, 0.25) is 0 Å². The molecule has 0 aliphatic heterocycles. The Kier molecular flexibility index (Phi) is 3.39. The van der Waals surface area contributed by atoms with Gasteiger partial charge in [-0.15, -0.1) is 0 Å². The van der Waals surface area contributed by atoms with E-state index in [2.05, 4.69) is 9.72 Å². The molecule has 3 nitrogen and oxygen atoms in total. The zero-order valence-electron chi connectivity index (χ0n) is 8.01. The van der Waals surface area contributed by atoms with E-state index in [4.69, 9.17) is 5.73 Å². The Labute approximate surface area is 91.2 Å². The third-order valence-electron chi connectivity index (χ3n) is 1.58. The smallest absolute Gasteiger partial charge is 0.434 e. The van der Waals surface area contributed by atoms with Crippen LogP contribution in [0.15, 0.2) is 18.5 Å². The van der Waals surface area contributed by atoms with Crippen molar-refractivity contribution in [1.82, 2.24) is 4.98 Å². The molecule has 1 rings (SSSR count). The zero-order chi connectivity index (χ0) is 13.3. The highest BCUT2D eigenvalue weighted by Crippen LogP contribution is 2.36. The van der Waals surface area contributed by atoms with Crippen LogP contribution in [0, 0.1) is 0 Å². The molecule has 1 aromatic rings. The fourth-order valence-electron chi connectivity index (χ4n) is 0.955. The highest BCUT2D eigenvalue weighted by molar-refractivity contribution is 5.40. The Morgan fingerprint density at radius 3 is 2.00 bits per heavy atom. The van der Waals surface area contributed by atoms with E-state index >= 15 is 0 Å². The molecular formula is C8H6F6N2O. The maximum absolute atomic E-state index is 12.1. The summed E-state index contributed by atoms with van der Waals surface area (Å²) in [5.74, 6) is -0.704. The normalized spacial score (nSPS) is 12.9. The summed E-state index contributed by atoms with van der Waals surface area (Å²) in [6.45, 7) is 0. The molecular weight excluding hydrogens is 254 g/mol. The van der Waals surface area contributed by atoms with Crippen LogP contribution in [0.3, 0.4) is 0 Å². The molecule has 0 fully saturated rings. The number of alkyl halides is 6. The first-order chi connectivity index (χ1) is 7.60. The largest absolute Gasteiger partial charge is 0.470 e. The summed E-state index contributed by atoms with van der Waals surface area (Å²) < 4.78 is 76.5. The molecule has 0 aromatic carbocycles. The van der Waals surface area contributed by atoms with Crippen LogP contribution < -0.4 is 10.5 Å².